The zero-order valence-corrected chi connectivity index (χ0v) is 10.3. The Morgan fingerprint density at radius 3 is 2.94 bits per heavy atom. The number of hydrogen-bond acceptors (Lipinski definition) is 3. The number of phenolic OH excluding ortho intramolecular Hbond substituents is 1. The highest BCUT2D eigenvalue weighted by Gasteiger charge is 2.03. The smallest absolute Gasteiger partial charge is 0.177 e. The van der Waals surface area contributed by atoms with Crippen LogP contribution >= 0.6 is 15.9 Å². The number of imidazole rings is 1. The summed E-state index contributed by atoms with van der Waals surface area (Å²) in [5.74, 6) is 0.821. The summed E-state index contributed by atoms with van der Waals surface area (Å²) in [5, 5.41) is 9.25. The number of benzene rings is 1. The lowest BCUT2D eigenvalue weighted by Gasteiger charge is -2.03. The SMILES string of the molecule is Cn1cc(COc2cccc(O)c2)nc1Br. The first-order valence-electron chi connectivity index (χ1n) is 4.75. The van der Waals surface area contributed by atoms with E-state index in [2.05, 4.69) is 20.9 Å². The third-order valence-corrected chi connectivity index (χ3v) is 2.81. The molecule has 1 N–H and O–H groups in total. The molecule has 4 nitrogen and oxygen atoms in total. The summed E-state index contributed by atoms with van der Waals surface area (Å²) in [6.07, 6.45) is 1.88. The van der Waals surface area contributed by atoms with Crippen molar-refractivity contribution in [3.8, 4) is 11.5 Å². The lowest BCUT2D eigenvalue weighted by molar-refractivity contribution is 0.300. The number of ether oxygens (including phenoxy) is 1. The minimum Gasteiger partial charge on any atom is -0.508 e. The highest BCUT2D eigenvalue weighted by Crippen LogP contribution is 2.19. The quantitative estimate of drug-likeness (QED) is 0.941. The van der Waals surface area contributed by atoms with Crippen molar-refractivity contribution in [3.63, 3.8) is 0 Å². The molecule has 5 heteroatoms. The second kappa shape index (κ2) is 4.57. The molecule has 2 rings (SSSR count). The van der Waals surface area contributed by atoms with Crippen LogP contribution in [-0.2, 0) is 13.7 Å². The van der Waals surface area contributed by atoms with E-state index in [9.17, 15) is 5.11 Å². The highest BCUT2D eigenvalue weighted by molar-refractivity contribution is 9.10. The molecule has 0 saturated carbocycles. The summed E-state index contributed by atoms with van der Waals surface area (Å²) >= 11 is 3.31. The van der Waals surface area contributed by atoms with Gasteiger partial charge in [-0.3, -0.25) is 0 Å². The summed E-state index contributed by atoms with van der Waals surface area (Å²) < 4.78 is 8.11. The summed E-state index contributed by atoms with van der Waals surface area (Å²) in [6.45, 7) is 0.378. The number of hydrogen-bond donors (Lipinski definition) is 1. The third-order valence-electron chi connectivity index (χ3n) is 2.07. The van der Waals surface area contributed by atoms with Gasteiger partial charge in [-0.15, -0.1) is 0 Å². The van der Waals surface area contributed by atoms with Gasteiger partial charge in [0.05, 0.1) is 5.69 Å². The molecule has 0 radical (unpaired) electrons. The second-order valence-electron chi connectivity index (χ2n) is 3.40. The molecule has 0 spiro atoms. The maximum atomic E-state index is 9.25. The van der Waals surface area contributed by atoms with E-state index < -0.39 is 0 Å². The molecule has 0 amide bonds. The predicted octanol–water partition coefficient (Wildman–Crippen LogP) is 2.47. The maximum Gasteiger partial charge on any atom is 0.177 e. The maximum absolute atomic E-state index is 9.25. The van der Waals surface area contributed by atoms with Crippen LogP contribution in [0.5, 0.6) is 11.5 Å². The number of halogens is 1. The van der Waals surface area contributed by atoms with Crippen LogP contribution in [0.1, 0.15) is 5.69 Å². The van der Waals surface area contributed by atoms with E-state index in [1.807, 2.05) is 17.8 Å². The minimum absolute atomic E-state index is 0.194. The third kappa shape index (κ3) is 2.55. The van der Waals surface area contributed by atoms with Crippen LogP contribution in [0.25, 0.3) is 0 Å². The summed E-state index contributed by atoms with van der Waals surface area (Å²) in [7, 11) is 1.90. The van der Waals surface area contributed by atoms with E-state index in [0.29, 0.717) is 12.4 Å². The number of rotatable bonds is 3. The molecule has 0 fully saturated rings. The Kier molecular flexibility index (Phi) is 3.14. The van der Waals surface area contributed by atoms with Crippen LogP contribution in [0.2, 0.25) is 0 Å². The molecular weight excluding hydrogens is 272 g/mol. The normalized spacial score (nSPS) is 10.4. The van der Waals surface area contributed by atoms with Gasteiger partial charge in [0.2, 0.25) is 0 Å². The molecule has 2 aromatic rings. The molecule has 0 bridgehead atoms. The largest absolute Gasteiger partial charge is 0.508 e. The van der Waals surface area contributed by atoms with Crippen molar-refractivity contribution in [1.29, 1.82) is 0 Å². The molecule has 1 aromatic carbocycles. The fraction of sp³-hybridized carbons (Fsp3) is 0.182. The Labute approximate surface area is 102 Å². The fourth-order valence-corrected chi connectivity index (χ4v) is 1.63. The molecule has 1 heterocycles. The molecular formula is C11H11BrN2O2. The Bertz CT molecular complexity index is 477. The van der Waals surface area contributed by atoms with Crippen molar-refractivity contribution in [2.75, 3.05) is 0 Å². The van der Waals surface area contributed by atoms with Gasteiger partial charge in [0, 0.05) is 19.3 Å². The molecule has 0 aliphatic rings. The van der Waals surface area contributed by atoms with Crippen LogP contribution in [0.4, 0.5) is 0 Å². The molecule has 0 saturated heterocycles. The summed E-state index contributed by atoms with van der Waals surface area (Å²) in [5.41, 5.74) is 0.831. The number of aromatic hydroxyl groups is 1. The van der Waals surface area contributed by atoms with Crippen molar-refractivity contribution in [3.05, 3.63) is 40.9 Å². The molecule has 0 aliphatic heterocycles. The average Bonchev–Trinajstić information content (AvgIpc) is 2.56. The van der Waals surface area contributed by atoms with Gasteiger partial charge >= 0.3 is 0 Å². The summed E-state index contributed by atoms with van der Waals surface area (Å²) in [6, 6.07) is 6.69. The second-order valence-corrected chi connectivity index (χ2v) is 4.11. The molecule has 0 unspecified atom stereocenters. The van der Waals surface area contributed by atoms with Crippen LogP contribution < -0.4 is 4.74 Å². The van der Waals surface area contributed by atoms with E-state index in [4.69, 9.17) is 4.74 Å². The first-order chi connectivity index (χ1) is 7.65. The fourth-order valence-electron chi connectivity index (χ4n) is 1.30. The van der Waals surface area contributed by atoms with Crippen molar-refractivity contribution < 1.29 is 9.84 Å². The predicted molar refractivity (Wildman–Crippen MR) is 63.3 cm³/mol. The van der Waals surface area contributed by atoms with Gasteiger partial charge in [-0.25, -0.2) is 4.98 Å². The number of nitrogens with zero attached hydrogens (tertiary/aromatic N) is 2. The lowest BCUT2D eigenvalue weighted by Crippen LogP contribution is -1.95. The van der Waals surface area contributed by atoms with Gasteiger partial charge < -0.3 is 14.4 Å². The van der Waals surface area contributed by atoms with Crippen molar-refractivity contribution in [2.45, 2.75) is 6.61 Å². The molecule has 0 atom stereocenters. The lowest BCUT2D eigenvalue weighted by atomic mass is 10.3. The van der Waals surface area contributed by atoms with Crippen molar-refractivity contribution in [1.82, 2.24) is 9.55 Å². The minimum atomic E-state index is 0.194. The van der Waals surface area contributed by atoms with Gasteiger partial charge in [0.1, 0.15) is 18.1 Å². The van der Waals surface area contributed by atoms with Gasteiger partial charge in [-0.1, -0.05) is 6.07 Å². The zero-order valence-electron chi connectivity index (χ0n) is 8.72. The first-order valence-corrected chi connectivity index (χ1v) is 5.54. The standard InChI is InChI=1S/C11H11BrN2O2/c1-14-6-8(13-11(14)12)7-16-10-4-2-3-9(15)5-10/h2-6,15H,7H2,1H3. The van der Waals surface area contributed by atoms with Gasteiger partial charge in [0.25, 0.3) is 0 Å². The Morgan fingerprint density at radius 1 is 1.50 bits per heavy atom. The molecule has 0 aliphatic carbocycles. The summed E-state index contributed by atoms with van der Waals surface area (Å²) in [4.78, 5) is 4.24. The van der Waals surface area contributed by atoms with Crippen LogP contribution in [0.3, 0.4) is 0 Å². The Hall–Kier alpha value is -1.49. The van der Waals surface area contributed by atoms with Crippen molar-refractivity contribution >= 4 is 15.9 Å². The number of aryl methyl sites for hydroxylation is 1. The van der Waals surface area contributed by atoms with E-state index in [1.165, 1.54) is 0 Å². The van der Waals surface area contributed by atoms with E-state index in [1.54, 1.807) is 24.3 Å². The monoisotopic (exact) mass is 282 g/mol. The molecule has 84 valence electrons. The van der Waals surface area contributed by atoms with E-state index >= 15 is 0 Å². The van der Waals surface area contributed by atoms with Gasteiger partial charge in [0.15, 0.2) is 4.73 Å². The van der Waals surface area contributed by atoms with Gasteiger partial charge in [-0.2, -0.15) is 0 Å². The molecule has 16 heavy (non-hydrogen) atoms. The number of aromatic nitrogens is 2. The first kappa shape index (κ1) is 11.0. The zero-order chi connectivity index (χ0) is 11.5. The van der Waals surface area contributed by atoms with E-state index in [-0.39, 0.29) is 5.75 Å². The van der Waals surface area contributed by atoms with Crippen LogP contribution in [0, 0.1) is 0 Å². The Balaban J connectivity index is 2.02. The molecule has 1 aromatic heterocycles. The van der Waals surface area contributed by atoms with Gasteiger partial charge in [-0.05, 0) is 28.1 Å². The Morgan fingerprint density at radius 2 is 2.31 bits per heavy atom. The topological polar surface area (TPSA) is 47.3 Å². The van der Waals surface area contributed by atoms with Crippen molar-refractivity contribution in [2.24, 2.45) is 7.05 Å². The van der Waals surface area contributed by atoms with E-state index in [0.717, 1.165) is 10.4 Å². The number of phenols is 1. The van der Waals surface area contributed by atoms with Crippen LogP contribution in [0.15, 0.2) is 35.2 Å². The highest BCUT2D eigenvalue weighted by atomic mass is 79.9. The van der Waals surface area contributed by atoms with Crippen LogP contribution in [-0.4, -0.2) is 14.7 Å². The average molecular weight is 283 g/mol.